The van der Waals surface area contributed by atoms with E-state index in [-0.39, 0.29) is 41.8 Å². The van der Waals surface area contributed by atoms with Crippen molar-refractivity contribution < 1.29 is 9.53 Å². The molecule has 1 aliphatic rings. The van der Waals surface area contributed by atoms with Gasteiger partial charge in [0.25, 0.3) is 0 Å². The van der Waals surface area contributed by atoms with E-state index in [0.717, 1.165) is 41.3 Å². The van der Waals surface area contributed by atoms with Crippen LogP contribution < -0.4 is 15.4 Å². The molecule has 1 aliphatic heterocycles. The number of methoxy groups -OCH3 is 1. The largest absolute Gasteiger partial charge is 0.496 e. The highest BCUT2D eigenvalue weighted by molar-refractivity contribution is 14.0. The molecule has 1 aromatic carbocycles. The fraction of sp³-hybridized carbons (Fsp3) is 0.556. The van der Waals surface area contributed by atoms with E-state index in [1.54, 1.807) is 14.2 Å². The summed E-state index contributed by atoms with van der Waals surface area (Å²) in [5, 5.41) is 6.72. The summed E-state index contributed by atoms with van der Waals surface area (Å²) < 4.78 is 6.17. The molecular formula is C18H28BrIN4O2. The molecule has 1 saturated heterocycles. The lowest BCUT2D eigenvalue weighted by Crippen LogP contribution is -2.45. The van der Waals surface area contributed by atoms with Crippen molar-refractivity contribution in [3.63, 3.8) is 0 Å². The van der Waals surface area contributed by atoms with E-state index in [4.69, 9.17) is 4.74 Å². The molecule has 0 bridgehead atoms. The number of rotatable bonds is 5. The molecule has 0 spiro atoms. The Hall–Kier alpha value is -1.03. The van der Waals surface area contributed by atoms with Crippen molar-refractivity contribution in [2.45, 2.75) is 32.9 Å². The minimum Gasteiger partial charge on any atom is -0.496 e. The second kappa shape index (κ2) is 11.0. The van der Waals surface area contributed by atoms with Crippen LogP contribution in [0, 0.1) is 5.92 Å². The molecule has 0 saturated carbocycles. The van der Waals surface area contributed by atoms with Crippen LogP contribution in [-0.4, -0.2) is 50.1 Å². The molecule has 8 heteroatoms. The lowest BCUT2D eigenvalue weighted by atomic mass is 10.2. The van der Waals surface area contributed by atoms with Gasteiger partial charge in [-0.2, -0.15) is 0 Å². The molecule has 26 heavy (non-hydrogen) atoms. The van der Waals surface area contributed by atoms with Gasteiger partial charge in [0.05, 0.1) is 11.6 Å². The summed E-state index contributed by atoms with van der Waals surface area (Å²) in [6.07, 6.45) is 0.938. The molecule has 0 aliphatic carbocycles. The highest BCUT2D eigenvalue weighted by Crippen LogP contribution is 2.25. The maximum Gasteiger partial charge on any atom is 0.225 e. The fourth-order valence-corrected chi connectivity index (χ4v) is 3.43. The average Bonchev–Trinajstić information content (AvgIpc) is 3.06. The van der Waals surface area contributed by atoms with Crippen molar-refractivity contribution in [1.29, 1.82) is 0 Å². The number of hydrogen-bond acceptors (Lipinski definition) is 3. The Morgan fingerprint density at radius 3 is 2.77 bits per heavy atom. The molecule has 2 rings (SSSR count). The maximum atomic E-state index is 12.1. The Kier molecular flexibility index (Phi) is 9.70. The lowest BCUT2D eigenvalue weighted by Gasteiger charge is -2.20. The summed E-state index contributed by atoms with van der Waals surface area (Å²) in [4.78, 5) is 18.3. The van der Waals surface area contributed by atoms with Crippen LogP contribution in [0.2, 0.25) is 0 Å². The molecule has 0 radical (unpaired) electrons. The minimum atomic E-state index is 0. The van der Waals surface area contributed by atoms with Gasteiger partial charge in [0.2, 0.25) is 5.91 Å². The number of likely N-dealkylation sites (tertiary alicyclic amines) is 1. The molecule has 6 nitrogen and oxygen atoms in total. The van der Waals surface area contributed by atoms with Crippen molar-refractivity contribution in [1.82, 2.24) is 15.5 Å². The van der Waals surface area contributed by atoms with Crippen LogP contribution in [0.15, 0.2) is 27.7 Å². The van der Waals surface area contributed by atoms with Crippen molar-refractivity contribution in [2.24, 2.45) is 10.9 Å². The van der Waals surface area contributed by atoms with Crippen LogP contribution in [0.25, 0.3) is 0 Å². The summed E-state index contributed by atoms with van der Waals surface area (Å²) in [6, 6.07) is 6.21. The van der Waals surface area contributed by atoms with Crippen molar-refractivity contribution >= 4 is 51.8 Å². The zero-order chi connectivity index (χ0) is 18.4. The standard InChI is InChI=1S/C18H27BrN4O2.HI/c1-12(2)17(24)23-8-7-14(11-23)22-18(20-3)21-10-13-5-6-16(25-4)15(19)9-13;/h5-6,9,12,14H,7-8,10-11H2,1-4H3,(H2,20,21,22);1H. The highest BCUT2D eigenvalue weighted by atomic mass is 127. The zero-order valence-corrected chi connectivity index (χ0v) is 19.6. The van der Waals surface area contributed by atoms with Gasteiger partial charge in [-0.25, -0.2) is 0 Å². The zero-order valence-electron chi connectivity index (χ0n) is 15.7. The normalized spacial score (nSPS) is 17.1. The first kappa shape index (κ1) is 23.0. The average molecular weight is 539 g/mol. The molecule has 1 heterocycles. The first-order valence-corrected chi connectivity index (χ1v) is 9.32. The monoisotopic (exact) mass is 538 g/mol. The number of halogens is 2. The topological polar surface area (TPSA) is 66.0 Å². The number of carbonyl (C=O) groups is 1. The van der Waals surface area contributed by atoms with Gasteiger partial charge < -0.3 is 20.3 Å². The van der Waals surface area contributed by atoms with E-state index in [9.17, 15) is 4.79 Å². The molecule has 1 unspecified atom stereocenters. The third-order valence-corrected chi connectivity index (χ3v) is 4.85. The first-order valence-electron chi connectivity index (χ1n) is 8.53. The number of hydrogen-bond donors (Lipinski definition) is 2. The number of guanidine groups is 1. The Bertz CT molecular complexity index is 640. The van der Waals surface area contributed by atoms with Gasteiger partial charge in [-0.15, -0.1) is 24.0 Å². The molecular weight excluding hydrogens is 511 g/mol. The predicted octanol–water partition coefficient (Wildman–Crippen LogP) is 3.00. The molecule has 146 valence electrons. The number of nitrogens with zero attached hydrogens (tertiary/aromatic N) is 2. The van der Waals surface area contributed by atoms with Crippen LogP contribution >= 0.6 is 39.9 Å². The van der Waals surface area contributed by atoms with E-state index >= 15 is 0 Å². The highest BCUT2D eigenvalue weighted by Gasteiger charge is 2.27. The molecule has 1 amide bonds. The number of amides is 1. The fourth-order valence-electron chi connectivity index (χ4n) is 2.84. The van der Waals surface area contributed by atoms with E-state index in [2.05, 4.69) is 31.6 Å². The summed E-state index contributed by atoms with van der Waals surface area (Å²) in [6.45, 7) is 6.07. The number of carbonyl (C=O) groups excluding carboxylic acids is 1. The van der Waals surface area contributed by atoms with E-state index in [1.807, 2.05) is 36.9 Å². The Morgan fingerprint density at radius 2 is 2.19 bits per heavy atom. The first-order chi connectivity index (χ1) is 11.9. The Labute approximate surface area is 181 Å². The van der Waals surface area contributed by atoms with Crippen LogP contribution in [0.5, 0.6) is 5.75 Å². The van der Waals surface area contributed by atoms with Gasteiger partial charge in [0, 0.05) is 38.6 Å². The van der Waals surface area contributed by atoms with Gasteiger partial charge in [-0.05, 0) is 40.0 Å². The van der Waals surface area contributed by atoms with Crippen molar-refractivity contribution in [3.8, 4) is 5.75 Å². The van der Waals surface area contributed by atoms with Crippen LogP contribution in [-0.2, 0) is 11.3 Å². The van der Waals surface area contributed by atoms with E-state index in [0.29, 0.717) is 6.54 Å². The Balaban J connectivity index is 0.00000338. The molecule has 1 aromatic rings. The third-order valence-electron chi connectivity index (χ3n) is 4.23. The number of ether oxygens (including phenoxy) is 1. The van der Waals surface area contributed by atoms with Gasteiger partial charge in [0.15, 0.2) is 5.96 Å². The minimum absolute atomic E-state index is 0. The van der Waals surface area contributed by atoms with Crippen LogP contribution in [0.4, 0.5) is 0 Å². The van der Waals surface area contributed by atoms with Crippen molar-refractivity contribution in [2.75, 3.05) is 27.2 Å². The summed E-state index contributed by atoms with van der Waals surface area (Å²) >= 11 is 3.50. The second-order valence-corrected chi connectivity index (χ2v) is 7.32. The summed E-state index contributed by atoms with van der Waals surface area (Å²) in [7, 11) is 3.41. The van der Waals surface area contributed by atoms with Crippen LogP contribution in [0.1, 0.15) is 25.8 Å². The number of aliphatic imine (C=N–C) groups is 1. The smallest absolute Gasteiger partial charge is 0.225 e. The van der Waals surface area contributed by atoms with Gasteiger partial charge in [-0.3, -0.25) is 9.79 Å². The van der Waals surface area contributed by atoms with Gasteiger partial charge in [-0.1, -0.05) is 19.9 Å². The third kappa shape index (κ3) is 6.29. The second-order valence-electron chi connectivity index (χ2n) is 6.46. The summed E-state index contributed by atoms with van der Waals surface area (Å²) in [5.41, 5.74) is 1.12. The molecule has 1 atom stereocenters. The number of nitrogens with one attached hydrogen (secondary N) is 2. The van der Waals surface area contributed by atoms with E-state index in [1.165, 1.54) is 0 Å². The molecule has 1 fully saturated rings. The predicted molar refractivity (Wildman–Crippen MR) is 119 cm³/mol. The number of benzene rings is 1. The van der Waals surface area contributed by atoms with Crippen LogP contribution in [0.3, 0.4) is 0 Å². The molecule has 2 N–H and O–H groups in total. The lowest BCUT2D eigenvalue weighted by molar-refractivity contribution is -0.133. The van der Waals surface area contributed by atoms with Gasteiger partial charge in [0.1, 0.15) is 5.75 Å². The SMILES string of the molecule is CN=C(NCc1ccc(OC)c(Br)c1)NC1CCN(C(=O)C(C)C)C1.I. The Morgan fingerprint density at radius 1 is 1.46 bits per heavy atom. The van der Waals surface area contributed by atoms with Crippen molar-refractivity contribution in [3.05, 3.63) is 28.2 Å². The molecule has 0 aromatic heterocycles. The van der Waals surface area contributed by atoms with Gasteiger partial charge >= 0.3 is 0 Å². The quantitative estimate of drug-likeness (QED) is 0.343. The van der Waals surface area contributed by atoms with E-state index < -0.39 is 0 Å². The summed E-state index contributed by atoms with van der Waals surface area (Å²) in [5.74, 6) is 1.82. The maximum absolute atomic E-state index is 12.1.